The van der Waals surface area contributed by atoms with Crippen molar-refractivity contribution in [1.29, 1.82) is 0 Å². The summed E-state index contributed by atoms with van der Waals surface area (Å²) in [5.74, 6) is -1.88. The molecule has 0 atom stereocenters. The summed E-state index contributed by atoms with van der Waals surface area (Å²) in [6, 6.07) is 10.4. The number of phenolic OH excluding ortho intramolecular Hbond substituents is 1. The molecule has 2 aromatic rings. The zero-order valence-electron chi connectivity index (χ0n) is 9.93. The van der Waals surface area contributed by atoms with Gasteiger partial charge in [0.2, 0.25) is 0 Å². The monoisotopic (exact) mass is 261 g/mol. The molecule has 0 aliphatic carbocycles. The van der Waals surface area contributed by atoms with Crippen molar-refractivity contribution in [3.63, 3.8) is 0 Å². The van der Waals surface area contributed by atoms with Gasteiger partial charge < -0.3 is 15.5 Å². The number of carbonyl (C=O) groups is 1. The summed E-state index contributed by atoms with van der Waals surface area (Å²) < 4.78 is 13.2. The molecular formula is C14H12FNO3. The normalized spacial score (nSPS) is 10.2. The lowest BCUT2D eigenvalue weighted by Gasteiger charge is -2.08. The van der Waals surface area contributed by atoms with Crippen LogP contribution >= 0.6 is 0 Å². The molecule has 2 rings (SSSR count). The second-order valence-electron chi connectivity index (χ2n) is 4.02. The number of aromatic carboxylic acids is 1. The summed E-state index contributed by atoms with van der Waals surface area (Å²) in [5.41, 5.74) is 1.07. The molecule has 0 radical (unpaired) electrons. The van der Waals surface area contributed by atoms with E-state index in [9.17, 15) is 9.18 Å². The Labute approximate surface area is 109 Å². The summed E-state index contributed by atoms with van der Waals surface area (Å²) >= 11 is 0. The summed E-state index contributed by atoms with van der Waals surface area (Å²) in [5, 5.41) is 20.9. The van der Waals surface area contributed by atoms with Crippen molar-refractivity contribution in [2.24, 2.45) is 0 Å². The number of aromatic hydroxyl groups is 1. The maximum atomic E-state index is 13.2. The number of hydrogen-bond donors (Lipinski definition) is 3. The van der Waals surface area contributed by atoms with E-state index in [4.69, 9.17) is 10.2 Å². The second kappa shape index (κ2) is 5.39. The van der Waals surface area contributed by atoms with Gasteiger partial charge in [-0.05, 0) is 35.9 Å². The lowest BCUT2D eigenvalue weighted by Crippen LogP contribution is -2.04. The lowest BCUT2D eigenvalue weighted by molar-refractivity contribution is 0.0692. The van der Waals surface area contributed by atoms with Gasteiger partial charge in [0, 0.05) is 12.2 Å². The predicted octanol–water partition coefficient (Wildman–Crippen LogP) is 2.84. The predicted molar refractivity (Wildman–Crippen MR) is 68.8 cm³/mol. The third-order valence-electron chi connectivity index (χ3n) is 2.63. The van der Waals surface area contributed by atoms with Crippen LogP contribution in [-0.2, 0) is 6.54 Å². The van der Waals surface area contributed by atoms with Gasteiger partial charge in [0.25, 0.3) is 0 Å². The Hall–Kier alpha value is -2.56. The highest BCUT2D eigenvalue weighted by atomic mass is 19.1. The Kier molecular flexibility index (Phi) is 3.66. The van der Waals surface area contributed by atoms with Crippen LogP contribution < -0.4 is 5.32 Å². The first-order valence-electron chi connectivity index (χ1n) is 5.61. The smallest absolute Gasteiger partial charge is 0.338 e. The number of carboxylic acids is 1. The van der Waals surface area contributed by atoms with Gasteiger partial charge in [-0.2, -0.15) is 0 Å². The molecule has 4 nitrogen and oxygen atoms in total. The van der Waals surface area contributed by atoms with E-state index < -0.39 is 11.8 Å². The van der Waals surface area contributed by atoms with E-state index in [1.54, 1.807) is 24.3 Å². The molecule has 0 aliphatic rings. The Bertz CT molecular complexity index is 596. The minimum absolute atomic E-state index is 0.179. The van der Waals surface area contributed by atoms with Crippen molar-refractivity contribution in [3.8, 4) is 5.75 Å². The minimum atomic E-state index is -1.30. The summed E-state index contributed by atoms with van der Waals surface area (Å²) in [6.07, 6.45) is 0. The largest absolute Gasteiger partial charge is 0.508 e. The van der Waals surface area contributed by atoms with Gasteiger partial charge in [0.05, 0.1) is 5.56 Å². The fourth-order valence-electron chi connectivity index (χ4n) is 1.62. The third-order valence-corrected chi connectivity index (χ3v) is 2.63. The average molecular weight is 261 g/mol. The van der Waals surface area contributed by atoms with Crippen LogP contribution in [0.2, 0.25) is 0 Å². The van der Waals surface area contributed by atoms with Gasteiger partial charge in [-0.25, -0.2) is 9.18 Å². The molecule has 2 aromatic carbocycles. The van der Waals surface area contributed by atoms with E-state index >= 15 is 0 Å². The maximum Gasteiger partial charge on any atom is 0.338 e. The van der Waals surface area contributed by atoms with Crippen molar-refractivity contribution >= 4 is 11.7 Å². The van der Waals surface area contributed by atoms with Crippen LogP contribution in [0.15, 0.2) is 42.5 Å². The zero-order chi connectivity index (χ0) is 13.8. The molecule has 3 N–H and O–H groups in total. The molecule has 0 bridgehead atoms. The Morgan fingerprint density at radius 2 is 1.84 bits per heavy atom. The van der Waals surface area contributed by atoms with Crippen LogP contribution in [0.25, 0.3) is 0 Å². The van der Waals surface area contributed by atoms with E-state index in [2.05, 4.69) is 5.32 Å². The molecule has 0 saturated heterocycles. The SMILES string of the molecule is O=C(O)c1cc(NCc2ccc(O)cc2)ccc1F. The van der Waals surface area contributed by atoms with E-state index in [1.807, 2.05) is 0 Å². The van der Waals surface area contributed by atoms with Gasteiger partial charge >= 0.3 is 5.97 Å². The molecule has 0 spiro atoms. The van der Waals surface area contributed by atoms with Crippen LogP contribution in [-0.4, -0.2) is 16.2 Å². The number of rotatable bonds is 4. The molecule has 19 heavy (non-hydrogen) atoms. The number of benzene rings is 2. The van der Waals surface area contributed by atoms with Crippen molar-refractivity contribution in [3.05, 3.63) is 59.4 Å². The topological polar surface area (TPSA) is 69.6 Å². The first kappa shape index (κ1) is 12.9. The van der Waals surface area contributed by atoms with E-state index in [-0.39, 0.29) is 11.3 Å². The maximum absolute atomic E-state index is 13.2. The Balaban J connectivity index is 2.09. The minimum Gasteiger partial charge on any atom is -0.508 e. The first-order valence-corrected chi connectivity index (χ1v) is 5.61. The highest BCUT2D eigenvalue weighted by molar-refractivity contribution is 5.89. The van der Waals surface area contributed by atoms with Crippen LogP contribution in [0.1, 0.15) is 15.9 Å². The lowest BCUT2D eigenvalue weighted by atomic mass is 10.1. The molecule has 98 valence electrons. The first-order chi connectivity index (χ1) is 9.06. The summed E-state index contributed by atoms with van der Waals surface area (Å²) in [7, 11) is 0. The highest BCUT2D eigenvalue weighted by Gasteiger charge is 2.10. The quantitative estimate of drug-likeness (QED) is 0.791. The highest BCUT2D eigenvalue weighted by Crippen LogP contribution is 2.16. The third kappa shape index (κ3) is 3.22. The second-order valence-corrected chi connectivity index (χ2v) is 4.02. The van der Waals surface area contributed by atoms with Gasteiger partial charge in [0.15, 0.2) is 0 Å². The van der Waals surface area contributed by atoms with Gasteiger partial charge in [0.1, 0.15) is 11.6 Å². The molecule has 0 aliphatic heterocycles. The Morgan fingerprint density at radius 1 is 1.16 bits per heavy atom. The fourth-order valence-corrected chi connectivity index (χ4v) is 1.62. The zero-order valence-corrected chi connectivity index (χ0v) is 9.93. The molecule has 0 amide bonds. The van der Waals surface area contributed by atoms with Crippen LogP contribution in [0.5, 0.6) is 5.75 Å². The molecule has 0 fully saturated rings. The number of carboxylic acid groups (broad SMARTS) is 1. The van der Waals surface area contributed by atoms with Crippen LogP contribution in [0, 0.1) is 5.82 Å². The van der Waals surface area contributed by atoms with Crippen molar-refractivity contribution in [2.75, 3.05) is 5.32 Å². The van der Waals surface area contributed by atoms with E-state index in [1.165, 1.54) is 12.1 Å². The molecule has 5 heteroatoms. The standard InChI is InChI=1S/C14H12FNO3/c15-13-6-3-10(7-12(13)14(18)19)16-8-9-1-4-11(17)5-2-9/h1-7,16-17H,8H2,(H,18,19). The fraction of sp³-hybridized carbons (Fsp3) is 0.0714. The summed E-state index contributed by atoms with van der Waals surface area (Å²) in [4.78, 5) is 10.8. The number of hydrogen-bond acceptors (Lipinski definition) is 3. The summed E-state index contributed by atoms with van der Waals surface area (Å²) in [6.45, 7) is 0.449. The Morgan fingerprint density at radius 3 is 2.47 bits per heavy atom. The van der Waals surface area contributed by atoms with Crippen LogP contribution in [0.4, 0.5) is 10.1 Å². The number of phenols is 1. The van der Waals surface area contributed by atoms with Crippen molar-refractivity contribution in [1.82, 2.24) is 0 Å². The average Bonchev–Trinajstić information content (AvgIpc) is 2.39. The molecule has 0 heterocycles. The molecule has 0 saturated carbocycles. The van der Waals surface area contributed by atoms with Crippen molar-refractivity contribution in [2.45, 2.75) is 6.54 Å². The van der Waals surface area contributed by atoms with Crippen LogP contribution in [0.3, 0.4) is 0 Å². The number of halogens is 1. The van der Waals surface area contributed by atoms with E-state index in [0.717, 1.165) is 11.6 Å². The molecule has 0 aromatic heterocycles. The number of anilines is 1. The van der Waals surface area contributed by atoms with Crippen molar-refractivity contribution < 1.29 is 19.4 Å². The van der Waals surface area contributed by atoms with E-state index in [0.29, 0.717) is 12.2 Å². The van der Waals surface area contributed by atoms with Gasteiger partial charge in [-0.3, -0.25) is 0 Å². The molecular weight excluding hydrogens is 249 g/mol. The van der Waals surface area contributed by atoms with Gasteiger partial charge in [-0.15, -0.1) is 0 Å². The number of nitrogens with one attached hydrogen (secondary N) is 1. The van der Waals surface area contributed by atoms with Gasteiger partial charge in [-0.1, -0.05) is 12.1 Å². The molecule has 0 unspecified atom stereocenters.